The number of hydrogen-bond donors (Lipinski definition) is 1. The maximum atomic E-state index is 13.4. The van der Waals surface area contributed by atoms with E-state index in [0.717, 1.165) is 0 Å². The number of benzene rings is 1. The van der Waals surface area contributed by atoms with Crippen molar-refractivity contribution in [1.82, 2.24) is 5.32 Å². The van der Waals surface area contributed by atoms with E-state index in [9.17, 15) is 13.6 Å². The van der Waals surface area contributed by atoms with Crippen molar-refractivity contribution in [3.63, 3.8) is 0 Å². The van der Waals surface area contributed by atoms with Crippen molar-refractivity contribution in [2.75, 3.05) is 5.88 Å². The van der Waals surface area contributed by atoms with Gasteiger partial charge in [-0.25, -0.2) is 8.78 Å². The van der Waals surface area contributed by atoms with Gasteiger partial charge in [0.05, 0.1) is 6.04 Å². The summed E-state index contributed by atoms with van der Waals surface area (Å²) in [6.07, 6.45) is 0.795. The Balaban J connectivity index is 2.69. The molecule has 0 saturated carbocycles. The molecule has 1 rings (SSSR count). The average molecular weight is 262 g/mol. The van der Waals surface area contributed by atoms with Gasteiger partial charge in [-0.2, -0.15) is 0 Å². The highest BCUT2D eigenvalue weighted by molar-refractivity contribution is 6.17. The van der Waals surface area contributed by atoms with Crippen LogP contribution in [0.25, 0.3) is 0 Å². The predicted molar refractivity (Wildman–Crippen MR) is 62.9 cm³/mol. The first-order chi connectivity index (χ1) is 8.06. The molecule has 1 unspecified atom stereocenters. The minimum atomic E-state index is -0.695. The average Bonchev–Trinajstić information content (AvgIpc) is 2.26. The second-order valence-electron chi connectivity index (χ2n) is 3.72. The van der Waals surface area contributed by atoms with Crippen LogP contribution < -0.4 is 5.32 Å². The van der Waals surface area contributed by atoms with Crippen molar-refractivity contribution in [3.05, 3.63) is 35.4 Å². The molecular weight excluding hydrogens is 248 g/mol. The Morgan fingerprint density at radius 2 is 2.00 bits per heavy atom. The van der Waals surface area contributed by atoms with Gasteiger partial charge in [0, 0.05) is 17.9 Å². The lowest BCUT2D eigenvalue weighted by Crippen LogP contribution is -2.27. The number of rotatable bonds is 5. The Kier molecular flexibility index (Phi) is 5.35. The zero-order chi connectivity index (χ0) is 12.8. The molecule has 0 radical (unpaired) electrons. The number of carbonyl (C=O) groups excluding carboxylic acids is 1. The highest BCUT2D eigenvalue weighted by Crippen LogP contribution is 2.20. The molecule has 17 heavy (non-hydrogen) atoms. The van der Waals surface area contributed by atoms with Crippen LogP contribution in [0.2, 0.25) is 0 Å². The molecule has 1 atom stereocenters. The van der Waals surface area contributed by atoms with Gasteiger partial charge in [0.2, 0.25) is 5.91 Å². The SMILES string of the molecule is CC(NC(=O)CCCCl)c1c(F)cccc1F. The maximum Gasteiger partial charge on any atom is 0.220 e. The molecular formula is C12H14ClF2NO. The van der Waals surface area contributed by atoms with Gasteiger partial charge in [-0.15, -0.1) is 11.6 Å². The summed E-state index contributed by atoms with van der Waals surface area (Å²) < 4.78 is 26.8. The molecule has 0 aliphatic heterocycles. The van der Waals surface area contributed by atoms with Crippen molar-refractivity contribution in [3.8, 4) is 0 Å². The van der Waals surface area contributed by atoms with Crippen LogP contribution in [-0.2, 0) is 4.79 Å². The van der Waals surface area contributed by atoms with Crippen LogP contribution >= 0.6 is 11.6 Å². The lowest BCUT2D eigenvalue weighted by molar-refractivity contribution is -0.121. The molecule has 0 saturated heterocycles. The summed E-state index contributed by atoms with van der Waals surface area (Å²) in [6, 6.07) is 2.93. The lowest BCUT2D eigenvalue weighted by Gasteiger charge is -2.15. The van der Waals surface area contributed by atoms with Gasteiger partial charge in [0.25, 0.3) is 0 Å². The monoisotopic (exact) mass is 261 g/mol. The number of halogens is 3. The van der Waals surface area contributed by atoms with E-state index in [1.54, 1.807) is 6.92 Å². The van der Waals surface area contributed by atoms with E-state index < -0.39 is 17.7 Å². The maximum absolute atomic E-state index is 13.4. The smallest absolute Gasteiger partial charge is 0.220 e. The van der Waals surface area contributed by atoms with E-state index in [4.69, 9.17) is 11.6 Å². The van der Waals surface area contributed by atoms with E-state index in [2.05, 4.69) is 5.32 Å². The van der Waals surface area contributed by atoms with Crippen LogP contribution in [0.5, 0.6) is 0 Å². The fourth-order valence-corrected chi connectivity index (χ4v) is 1.67. The van der Waals surface area contributed by atoms with Crippen LogP contribution in [0, 0.1) is 11.6 Å². The van der Waals surface area contributed by atoms with Crippen LogP contribution in [0.15, 0.2) is 18.2 Å². The number of carbonyl (C=O) groups is 1. The van der Waals surface area contributed by atoms with Crippen molar-refractivity contribution < 1.29 is 13.6 Å². The predicted octanol–water partition coefficient (Wildman–Crippen LogP) is 3.16. The molecule has 1 N–H and O–H groups in total. The summed E-state index contributed by atoms with van der Waals surface area (Å²) in [5.41, 5.74) is -0.119. The van der Waals surface area contributed by atoms with Crippen molar-refractivity contribution >= 4 is 17.5 Å². The molecule has 0 heterocycles. The van der Waals surface area contributed by atoms with E-state index in [1.165, 1.54) is 18.2 Å². The Morgan fingerprint density at radius 1 is 1.41 bits per heavy atom. The first-order valence-electron chi connectivity index (χ1n) is 5.35. The molecule has 0 aliphatic carbocycles. The third kappa shape index (κ3) is 3.97. The van der Waals surface area contributed by atoms with Crippen LogP contribution in [0.1, 0.15) is 31.4 Å². The van der Waals surface area contributed by atoms with E-state index >= 15 is 0 Å². The quantitative estimate of drug-likeness (QED) is 0.811. The van der Waals surface area contributed by atoms with Crippen LogP contribution in [0.3, 0.4) is 0 Å². The minimum absolute atomic E-state index is 0.119. The Bertz CT molecular complexity index is 378. The molecule has 1 aromatic rings. The Morgan fingerprint density at radius 3 is 2.53 bits per heavy atom. The second kappa shape index (κ2) is 6.55. The highest BCUT2D eigenvalue weighted by atomic mass is 35.5. The number of amides is 1. The van der Waals surface area contributed by atoms with Gasteiger partial charge >= 0.3 is 0 Å². The summed E-state index contributed by atoms with van der Waals surface area (Å²) in [5.74, 6) is -1.19. The summed E-state index contributed by atoms with van der Waals surface area (Å²) in [7, 11) is 0. The Hall–Kier alpha value is -1.16. The van der Waals surface area contributed by atoms with Crippen LogP contribution in [0.4, 0.5) is 8.78 Å². The van der Waals surface area contributed by atoms with E-state index in [0.29, 0.717) is 12.3 Å². The second-order valence-corrected chi connectivity index (χ2v) is 4.10. The molecule has 0 fully saturated rings. The van der Waals surface area contributed by atoms with Gasteiger partial charge < -0.3 is 5.32 Å². The molecule has 0 aliphatic rings. The summed E-state index contributed by atoms with van der Waals surface area (Å²) in [4.78, 5) is 11.4. The van der Waals surface area contributed by atoms with E-state index in [-0.39, 0.29) is 17.9 Å². The molecule has 2 nitrogen and oxygen atoms in total. The first kappa shape index (κ1) is 13.9. The third-order valence-corrected chi connectivity index (χ3v) is 2.61. The molecule has 1 aromatic carbocycles. The minimum Gasteiger partial charge on any atom is -0.349 e. The number of nitrogens with one attached hydrogen (secondary N) is 1. The molecule has 1 amide bonds. The molecule has 0 spiro atoms. The summed E-state index contributed by atoms with van der Waals surface area (Å²) >= 11 is 5.45. The molecule has 0 bridgehead atoms. The standard InChI is InChI=1S/C12H14ClF2NO/c1-8(16-11(17)6-3-7-13)12-9(14)4-2-5-10(12)15/h2,4-5,8H,3,6-7H2,1H3,(H,16,17). The van der Waals surface area contributed by atoms with E-state index in [1.807, 2.05) is 0 Å². The zero-order valence-corrected chi connectivity index (χ0v) is 10.2. The largest absolute Gasteiger partial charge is 0.349 e. The van der Waals surface area contributed by atoms with Gasteiger partial charge in [-0.05, 0) is 25.5 Å². The van der Waals surface area contributed by atoms with Gasteiger partial charge in [0.15, 0.2) is 0 Å². The number of hydrogen-bond acceptors (Lipinski definition) is 1. The zero-order valence-electron chi connectivity index (χ0n) is 9.47. The topological polar surface area (TPSA) is 29.1 Å². The Labute approximate surface area is 104 Å². The third-order valence-electron chi connectivity index (χ3n) is 2.35. The summed E-state index contributed by atoms with van der Waals surface area (Å²) in [6.45, 7) is 1.54. The fourth-order valence-electron chi connectivity index (χ4n) is 1.54. The van der Waals surface area contributed by atoms with Gasteiger partial charge in [-0.1, -0.05) is 6.07 Å². The van der Waals surface area contributed by atoms with Crippen molar-refractivity contribution in [1.29, 1.82) is 0 Å². The van der Waals surface area contributed by atoms with Gasteiger partial charge in [0.1, 0.15) is 11.6 Å². The van der Waals surface area contributed by atoms with Gasteiger partial charge in [-0.3, -0.25) is 4.79 Å². The van der Waals surface area contributed by atoms with Crippen LogP contribution in [-0.4, -0.2) is 11.8 Å². The summed E-state index contributed by atoms with van der Waals surface area (Å²) in [5, 5.41) is 2.54. The molecule has 5 heteroatoms. The lowest BCUT2D eigenvalue weighted by atomic mass is 10.1. The highest BCUT2D eigenvalue weighted by Gasteiger charge is 2.17. The normalized spacial score (nSPS) is 12.2. The molecule has 0 aromatic heterocycles. The number of alkyl halides is 1. The fraction of sp³-hybridized carbons (Fsp3) is 0.417. The van der Waals surface area contributed by atoms with Crippen molar-refractivity contribution in [2.24, 2.45) is 0 Å². The van der Waals surface area contributed by atoms with Crippen molar-refractivity contribution in [2.45, 2.75) is 25.8 Å². The molecule has 94 valence electrons. The first-order valence-corrected chi connectivity index (χ1v) is 5.89.